The number of para-hydroxylation sites is 1. The zero-order chi connectivity index (χ0) is 15.2. The third kappa shape index (κ3) is 3.85. The number of nitrogens with two attached hydrogens (primary N) is 1. The summed E-state index contributed by atoms with van der Waals surface area (Å²) < 4.78 is 6.17. The molecule has 2 aromatic carbocycles. The van der Waals surface area contributed by atoms with Gasteiger partial charge in [0.25, 0.3) is 0 Å². The molecule has 2 aromatic rings. The van der Waals surface area contributed by atoms with Crippen LogP contribution in [-0.2, 0) is 6.42 Å². The predicted molar refractivity (Wildman–Crippen MR) is 89.2 cm³/mol. The van der Waals surface area contributed by atoms with Crippen molar-refractivity contribution in [3.05, 3.63) is 59.2 Å². The minimum Gasteiger partial charge on any atom is -0.457 e. The van der Waals surface area contributed by atoms with Crippen molar-refractivity contribution in [2.45, 2.75) is 39.5 Å². The third-order valence-electron chi connectivity index (χ3n) is 3.95. The summed E-state index contributed by atoms with van der Waals surface area (Å²) in [7, 11) is 0. The van der Waals surface area contributed by atoms with Crippen LogP contribution in [0.15, 0.2) is 42.5 Å². The van der Waals surface area contributed by atoms with E-state index in [1.165, 1.54) is 11.1 Å². The second-order valence-electron chi connectivity index (χ2n) is 5.59. The van der Waals surface area contributed by atoms with E-state index in [2.05, 4.69) is 51.1 Å². The summed E-state index contributed by atoms with van der Waals surface area (Å²) in [6.07, 6.45) is 2.01. The number of aryl methyl sites for hydroxylation is 1. The molecule has 112 valence electrons. The Morgan fingerprint density at radius 1 is 1.10 bits per heavy atom. The van der Waals surface area contributed by atoms with Gasteiger partial charge in [-0.15, -0.1) is 0 Å². The Hall–Kier alpha value is -1.80. The van der Waals surface area contributed by atoms with Crippen LogP contribution in [0.1, 0.15) is 42.9 Å². The monoisotopic (exact) mass is 283 g/mol. The second-order valence-corrected chi connectivity index (χ2v) is 5.59. The van der Waals surface area contributed by atoms with Crippen molar-refractivity contribution in [2.75, 3.05) is 6.54 Å². The summed E-state index contributed by atoms with van der Waals surface area (Å²) in [5, 5.41) is 0. The fourth-order valence-electron chi connectivity index (χ4n) is 2.47. The van der Waals surface area contributed by atoms with Gasteiger partial charge >= 0.3 is 0 Å². The molecule has 2 rings (SSSR count). The van der Waals surface area contributed by atoms with Crippen LogP contribution in [0.3, 0.4) is 0 Å². The van der Waals surface area contributed by atoms with Crippen molar-refractivity contribution in [3.8, 4) is 11.5 Å². The molecule has 0 aliphatic heterocycles. The summed E-state index contributed by atoms with van der Waals surface area (Å²) in [4.78, 5) is 0. The lowest BCUT2D eigenvalue weighted by molar-refractivity contribution is 0.466. The van der Waals surface area contributed by atoms with E-state index in [0.717, 1.165) is 29.9 Å². The summed E-state index contributed by atoms with van der Waals surface area (Å²) in [6.45, 7) is 7.20. The summed E-state index contributed by atoms with van der Waals surface area (Å²) in [5.41, 5.74) is 9.29. The Morgan fingerprint density at radius 3 is 2.52 bits per heavy atom. The molecule has 0 bridgehead atoms. The van der Waals surface area contributed by atoms with Crippen LogP contribution in [0, 0.1) is 6.92 Å². The van der Waals surface area contributed by atoms with Crippen LogP contribution in [0.4, 0.5) is 0 Å². The highest BCUT2D eigenvalue weighted by Gasteiger charge is 2.11. The van der Waals surface area contributed by atoms with Gasteiger partial charge in [0.2, 0.25) is 0 Å². The number of benzene rings is 2. The SMILES string of the molecule is CCC(C)c1ccccc1Oc1ccc(CCN)cc1C. The van der Waals surface area contributed by atoms with E-state index in [0.29, 0.717) is 12.5 Å². The zero-order valence-corrected chi connectivity index (χ0v) is 13.2. The molecule has 0 saturated carbocycles. The molecule has 0 aromatic heterocycles. The first-order chi connectivity index (χ1) is 10.2. The second kappa shape index (κ2) is 7.28. The normalized spacial score (nSPS) is 12.2. The molecule has 1 atom stereocenters. The van der Waals surface area contributed by atoms with E-state index in [1.807, 2.05) is 12.1 Å². The average Bonchev–Trinajstić information content (AvgIpc) is 2.50. The molecule has 0 aliphatic rings. The minimum absolute atomic E-state index is 0.498. The molecule has 0 aliphatic carbocycles. The van der Waals surface area contributed by atoms with E-state index in [1.54, 1.807) is 0 Å². The van der Waals surface area contributed by atoms with Crippen LogP contribution >= 0.6 is 0 Å². The molecule has 2 heteroatoms. The predicted octanol–water partition coefficient (Wildman–Crippen LogP) is 4.80. The van der Waals surface area contributed by atoms with Gasteiger partial charge in [-0.25, -0.2) is 0 Å². The first-order valence-corrected chi connectivity index (χ1v) is 7.72. The first kappa shape index (κ1) is 15.6. The lowest BCUT2D eigenvalue weighted by Crippen LogP contribution is -2.03. The van der Waals surface area contributed by atoms with E-state index in [4.69, 9.17) is 10.5 Å². The van der Waals surface area contributed by atoms with Crippen molar-refractivity contribution < 1.29 is 4.74 Å². The summed E-state index contributed by atoms with van der Waals surface area (Å²) >= 11 is 0. The first-order valence-electron chi connectivity index (χ1n) is 7.72. The Labute approximate surface area is 127 Å². The van der Waals surface area contributed by atoms with E-state index < -0.39 is 0 Å². The summed E-state index contributed by atoms with van der Waals surface area (Å²) in [5.74, 6) is 2.38. The number of rotatable bonds is 6. The minimum atomic E-state index is 0.498. The zero-order valence-electron chi connectivity index (χ0n) is 13.2. The average molecular weight is 283 g/mol. The molecule has 0 spiro atoms. The smallest absolute Gasteiger partial charge is 0.130 e. The lowest BCUT2D eigenvalue weighted by Gasteiger charge is -2.17. The Kier molecular flexibility index (Phi) is 5.40. The van der Waals surface area contributed by atoms with Gasteiger partial charge in [0.15, 0.2) is 0 Å². The van der Waals surface area contributed by atoms with Crippen LogP contribution < -0.4 is 10.5 Å². The van der Waals surface area contributed by atoms with E-state index in [-0.39, 0.29) is 0 Å². The Morgan fingerprint density at radius 2 is 1.86 bits per heavy atom. The third-order valence-corrected chi connectivity index (χ3v) is 3.95. The van der Waals surface area contributed by atoms with Crippen LogP contribution in [0.5, 0.6) is 11.5 Å². The van der Waals surface area contributed by atoms with Gasteiger partial charge in [-0.3, -0.25) is 0 Å². The molecule has 0 heterocycles. The Balaban J connectivity index is 2.26. The maximum Gasteiger partial charge on any atom is 0.130 e. The molecule has 2 nitrogen and oxygen atoms in total. The molecule has 0 fully saturated rings. The van der Waals surface area contributed by atoms with Gasteiger partial charge in [0.05, 0.1) is 0 Å². The van der Waals surface area contributed by atoms with Gasteiger partial charge in [-0.1, -0.05) is 44.2 Å². The fraction of sp³-hybridized carbons (Fsp3) is 0.368. The maximum absolute atomic E-state index is 6.17. The number of hydrogen-bond donors (Lipinski definition) is 1. The van der Waals surface area contributed by atoms with E-state index in [9.17, 15) is 0 Å². The van der Waals surface area contributed by atoms with Gasteiger partial charge in [0, 0.05) is 0 Å². The highest BCUT2D eigenvalue weighted by Crippen LogP contribution is 2.33. The standard InChI is InChI=1S/C19H25NO/c1-4-14(2)17-7-5-6-8-19(17)21-18-10-9-16(11-12-20)13-15(18)3/h5-10,13-14H,4,11-12,20H2,1-3H3. The highest BCUT2D eigenvalue weighted by atomic mass is 16.5. The molecule has 0 amide bonds. The van der Waals surface area contributed by atoms with Crippen molar-refractivity contribution >= 4 is 0 Å². The van der Waals surface area contributed by atoms with Crippen molar-refractivity contribution in [1.82, 2.24) is 0 Å². The molecular weight excluding hydrogens is 258 g/mol. The quantitative estimate of drug-likeness (QED) is 0.826. The van der Waals surface area contributed by atoms with Crippen molar-refractivity contribution in [3.63, 3.8) is 0 Å². The summed E-state index contributed by atoms with van der Waals surface area (Å²) in [6, 6.07) is 14.6. The molecule has 21 heavy (non-hydrogen) atoms. The van der Waals surface area contributed by atoms with Crippen molar-refractivity contribution in [1.29, 1.82) is 0 Å². The highest BCUT2D eigenvalue weighted by molar-refractivity contribution is 5.43. The van der Waals surface area contributed by atoms with Gasteiger partial charge in [-0.05, 0) is 61.1 Å². The molecule has 2 N–H and O–H groups in total. The Bertz CT molecular complexity index is 592. The number of hydrogen-bond acceptors (Lipinski definition) is 2. The van der Waals surface area contributed by atoms with E-state index >= 15 is 0 Å². The fourth-order valence-corrected chi connectivity index (χ4v) is 2.47. The van der Waals surface area contributed by atoms with Crippen LogP contribution in [0.2, 0.25) is 0 Å². The molecule has 0 saturated heterocycles. The largest absolute Gasteiger partial charge is 0.457 e. The van der Waals surface area contributed by atoms with Gasteiger partial charge in [0.1, 0.15) is 11.5 Å². The molecular formula is C19H25NO. The van der Waals surface area contributed by atoms with Gasteiger partial charge < -0.3 is 10.5 Å². The van der Waals surface area contributed by atoms with Gasteiger partial charge in [-0.2, -0.15) is 0 Å². The van der Waals surface area contributed by atoms with Crippen molar-refractivity contribution in [2.24, 2.45) is 5.73 Å². The number of ether oxygens (including phenoxy) is 1. The van der Waals surface area contributed by atoms with Crippen LogP contribution in [0.25, 0.3) is 0 Å². The van der Waals surface area contributed by atoms with Crippen LogP contribution in [-0.4, -0.2) is 6.54 Å². The topological polar surface area (TPSA) is 35.2 Å². The lowest BCUT2D eigenvalue weighted by atomic mass is 9.98. The molecule has 1 unspecified atom stereocenters. The maximum atomic E-state index is 6.17. The molecule has 0 radical (unpaired) electrons.